The molecule has 0 N–H and O–H groups in total. The zero-order chi connectivity index (χ0) is 21.0. The van der Waals surface area contributed by atoms with Gasteiger partial charge in [-0.3, -0.25) is 0 Å². The van der Waals surface area contributed by atoms with Crippen LogP contribution in [0.4, 0.5) is 17.6 Å². The molecule has 0 amide bonds. The summed E-state index contributed by atoms with van der Waals surface area (Å²) in [6, 6.07) is 9.66. The molecule has 0 spiro atoms. The maximum atomic E-state index is 15.0. The summed E-state index contributed by atoms with van der Waals surface area (Å²) in [7, 11) is 0. The highest BCUT2D eigenvalue weighted by Gasteiger charge is 2.39. The Morgan fingerprint density at radius 1 is 0.966 bits per heavy atom. The molecular weight excluding hydrogens is 380 g/mol. The minimum absolute atomic E-state index is 0.0563. The summed E-state index contributed by atoms with van der Waals surface area (Å²) in [4.78, 5) is 0. The standard InChI is InChI=1S/C24H28F4O/c1-3-4-17-9-11-19(12-10-17)20-13-14-21(22(23(20)25)24(26,27)28)29-15-18-7-5-16(2)6-8-18/h9-14,16,18H,3-8,15H2,1-2H3. The predicted molar refractivity (Wildman–Crippen MR) is 107 cm³/mol. The van der Waals surface area contributed by atoms with Gasteiger partial charge in [-0.1, -0.05) is 57.4 Å². The van der Waals surface area contributed by atoms with Crippen LogP contribution in [0.3, 0.4) is 0 Å². The highest BCUT2D eigenvalue weighted by Crippen LogP contribution is 2.42. The Morgan fingerprint density at radius 3 is 2.21 bits per heavy atom. The Hall–Kier alpha value is -2.04. The van der Waals surface area contributed by atoms with Gasteiger partial charge in [0, 0.05) is 5.56 Å². The van der Waals surface area contributed by atoms with Crippen LogP contribution in [-0.4, -0.2) is 6.61 Å². The lowest BCUT2D eigenvalue weighted by Crippen LogP contribution is -2.20. The van der Waals surface area contributed by atoms with E-state index in [4.69, 9.17) is 4.74 Å². The van der Waals surface area contributed by atoms with Crippen molar-refractivity contribution in [2.75, 3.05) is 6.61 Å². The van der Waals surface area contributed by atoms with Gasteiger partial charge in [0.2, 0.25) is 0 Å². The van der Waals surface area contributed by atoms with E-state index in [0.717, 1.165) is 44.1 Å². The molecule has 2 aromatic rings. The van der Waals surface area contributed by atoms with E-state index in [2.05, 4.69) is 13.8 Å². The molecule has 5 heteroatoms. The summed E-state index contributed by atoms with van der Waals surface area (Å²) in [6.45, 7) is 4.43. The summed E-state index contributed by atoms with van der Waals surface area (Å²) >= 11 is 0. The number of hydrogen-bond donors (Lipinski definition) is 0. The van der Waals surface area contributed by atoms with E-state index in [1.54, 1.807) is 12.1 Å². The van der Waals surface area contributed by atoms with Gasteiger partial charge < -0.3 is 4.74 Å². The van der Waals surface area contributed by atoms with Crippen molar-refractivity contribution >= 4 is 0 Å². The summed E-state index contributed by atoms with van der Waals surface area (Å²) in [6.07, 6.45) is 1.02. The summed E-state index contributed by atoms with van der Waals surface area (Å²) in [5.74, 6) is -0.811. The van der Waals surface area contributed by atoms with Crippen LogP contribution in [0.1, 0.15) is 57.1 Å². The molecule has 1 saturated carbocycles. The Kier molecular flexibility index (Phi) is 6.86. The Morgan fingerprint density at radius 2 is 1.62 bits per heavy atom. The number of rotatable bonds is 6. The normalized spacial score (nSPS) is 19.9. The molecule has 0 bridgehead atoms. The van der Waals surface area contributed by atoms with Gasteiger partial charge in [-0.2, -0.15) is 13.2 Å². The molecule has 0 heterocycles. The lowest BCUT2D eigenvalue weighted by molar-refractivity contribution is -0.141. The Balaban J connectivity index is 1.85. The van der Waals surface area contributed by atoms with Crippen LogP contribution in [0, 0.1) is 17.7 Å². The lowest BCUT2D eigenvalue weighted by atomic mass is 9.83. The van der Waals surface area contributed by atoms with Gasteiger partial charge in [0.05, 0.1) is 6.61 Å². The van der Waals surface area contributed by atoms with Gasteiger partial charge in [0.25, 0.3) is 0 Å². The Bertz CT molecular complexity index is 803. The smallest absolute Gasteiger partial charge is 0.422 e. The van der Waals surface area contributed by atoms with E-state index in [9.17, 15) is 17.6 Å². The molecule has 1 aliphatic rings. The zero-order valence-corrected chi connectivity index (χ0v) is 17.0. The van der Waals surface area contributed by atoms with Gasteiger partial charge in [-0.05, 0) is 54.4 Å². The molecule has 1 aliphatic carbocycles. The molecule has 1 nitrogen and oxygen atoms in total. The quantitative estimate of drug-likeness (QED) is 0.446. The summed E-state index contributed by atoms with van der Waals surface area (Å²) in [5.41, 5.74) is 0.145. The summed E-state index contributed by atoms with van der Waals surface area (Å²) in [5, 5.41) is 0. The van der Waals surface area contributed by atoms with Crippen molar-refractivity contribution in [3.8, 4) is 16.9 Å². The van der Waals surface area contributed by atoms with Crippen molar-refractivity contribution in [3.63, 3.8) is 0 Å². The Labute approximate surface area is 170 Å². The van der Waals surface area contributed by atoms with Crippen LogP contribution in [0.2, 0.25) is 0 Å². The highest BCUT2D eigenvalue weighted by molar-refractivity contribution is 5.67. The van der Waals surface area contributed by atoms with Gasteiger partial charge >= 0.3 is 6.18 Å². The molecule has 2 aromatic carbocycles. The van der Waals surface area contributed by atoms with Crippen LogP contribution >= 0.6 is 0 Å². The fourth-order valence-electron chi connectivity index (χ4n) is 4.01. The molecule has 0 radical (unpaired) electrons. The van der Waals surface area contributed by atoms with E-state index in [-0.39, 0.29) is 18.1 Å². The van der Waals surface area contributed by atoms with Crippen LogP contribution in [0.25, 0.3) is 11.1 Å². The van der Waals surface area contributed by atoms with E-state index in [0.29, 0.717) is 11.5 Å². The van der Waals surface area contributed by atoms with Gasteiger partial charge in [-0.15, -0.1) is 0 Å². The lowest BCUT2D eigenvalue weighted by Gasteiger charge is -2.26. The van der Waals surface area contributed by atoms with Crippen molar-refractivity contribution in [2.24, 2.45) is 11.8 Å². The third-order valence-electron chi connectivity index (χ3n) is 5.80. The molecule has 0 aliphatic heterocycles. The SMILES string of the molecule is CCCc1ccc(-c2ccc(OCC3CCC(C)CC3)c(C(F)(F)F)c2F)cc1. The van der Waals surface area contributed by atoms with E-state index >= 15 is 0 Å². The monoisotopic (exact) mass is 408 g/mol. The van der Waals surface area contributed by atoms with E-state index in [1.165, 1.54) is 12.1 Å². The van der Waals surface area contributed by atoms with Crippen molar-refractivity contribution in [2.45, 2.75) is 58.5 Å². The second-order valence-electron chi connectivity index (χ2n) is 8.18. The molecule has 0 aromatic heterocycles. The molecule has 29 heavy (non-hydrogen) atoms. The molecule has 0 saturated heterocycles. The minimum Gasteiger partial charge on any atom is -0.493 e. The molecule has 0 unspecified atom stereocenters. The largest absolute Gasteiger partial charge is 0.493 e. The first kappa shape index (κ1) is 21.7. The van der Waals surface area contributed by atoms with Crippen LogP contribution < -0.4 is 4.74 Å². The molecule has 0 atom stereocenters. The van der Waals surface area contributed by atoms with Crippen LogP contribution in [-0.2, 0) is 12.6 Å². The average Bonchev–Trinajstić information content (AvgIpc) is 2.67. The third-order valence-corrected chi connectivity index (χ3v) is 5.80. The van der Waals surface area contributed by atoms with Crippen LogP contribution in [0.15, 0.2) is 36.4 Å². The average molecular weight is 408 g/mol. The molecular formula is C24H28F4O. The van der Waals surface area contributed by atoms with Crippen molar-refractivity contribution in [1.29, 1.82) is 0 Å². The third kappa shape index (κ3) is 5.31. The highest BCUT2D eigenvalue weighted by atomic mass is 19.4. The number of hydrogen-bond acceptors (Lipinski definition) is 1. The minimum atomic E-state index is -4.82. The second kappa shape index (κ2) is 9.19. The van der Waals surface area contributed by atoms with Crippen molar-refractivity contribution in [3.05, 3.63) is 53.3 Å². The fraction of sp³-hybridized carbons (Fsp3) is 0.500. The number of halogens is 4. The van der Waals surface area contributed by atoms with Gasteiger partial charge in [-0.25, -0.2) is 4.39 Å². The summed E-state index contributed by atoms with van der Waals surface area (Å²) < 4.78 is 61.5. The van der Waals surface area contributed by atoms with Crippen LogP contribution in [0.5, 0.6) is 5.75 Å². The van der Waals surface area contributed by atoms with E-state index < -0.39 is 23.3 Å². The first-order valence-electron chi connectivity index (χ1n) is 10.4. The topological polar surface area (TPSA) is 9.23 Å². The van der Waals surface area contributed by atoms with E-state index in [1.807, 2.05) is 12.1 Å². The number of aryl methyl sites for hydroxylation is 1. The fourth-order valence-corrected chi connectivity index (χ4v) is 4.01. The van der Waals surface area contributed by atoms with Gasteiger partial charge in [0.15, 0.2) is 0 Å². The number of benzene rings is 2. The maximum Gasteiger partial charge on any atom is 0.422 e. The first-order valence-corrected chi connectivity index (χ1v) is 10.4. The predicted octanol–water partition coefficient (Wildman–Crippen LogP) is 7.67. The number of ether oxygens (including phenoxy) is 1. The first-order chi connectivity index (χ1) is 13.8. The number of alkyl halides is 3. The van der Waals surface area contributed by atoms with Crippen molar-refractivity contribution in [1.82, 2.24) is 0 Å². The molecule has 3 rings (SSSR count). The molecule has 158 valence electrons. The zero-order valence-electron chi connectivity index (χ0n) is 17.0. The van der Waals surface area contributed by atoms with Crippen molar-refractivity contribution < 1.29 is 22.3 Å². The molecule has 1 fully saturated rings. The van der Waals surface area contributed by atoms with Gasteiger partial charge in [0.1, 0.15) is 17.1 Å². The maximum absolute atomic E-state index is 15.0. The second-order valence-corrected chi connectivity index (χ2v) is 8.18.